The van der Waals surface area contributed by atoms with Gasteiger partial charge in [0.2, 0.25) is 0 Å². The fraction of sp³-hybridized carbons (Fsp3) is 0.222. The van der Waals surface area contributed by atoms with Crippen molar-refractivity contribution in [2.24, 2.45) is 0 Å². The van der Waals surface area contributed by atoms with Crippen LogP contribution in [0.4, 0.5) is 0 Å². The molecule has 1 aliphatic carbocycles. The molecule has 0 saturated carbocycles. The molecule has 0 unspecified atom stereocenters. The molecule has 3 heteroatoms. The molecule has 0 atom stereocenters. The third kappa shape index (κ3) is 9.93. The van der Waals surface area contributed by atoms with Gasteiger partial charge in [-0.3, -0.25) is 6.08 Å². The van der Waals surface area contributed by atoms with Crippen molar-refractivity contribution in [2.75, 3.05) is 0 Å². The van der Waals surface area contributed by atoms with Gasteiger partial charge in [-0.2, -0.15) is 17.7 Å². The molecule has 0 amide bonds. The summed E-state index contributed by atoms with van der Waals surface area (Å²) in [4.78, 5) is 0. The summed E-state index contributed by atoms with van der Waals surface area (Å²) in [6.07, 6.45) is 10.0. The van der Waals surface area contributed by atoms with Crippen molar-refractivity contribution >= 4 is 14.6 Å². The Bertz CT molecular complexity index is 566. The molecular weight excluding hydrogens is 335 g/mol. The monoisotopic (exact) mass is 354 g/mol. The summed E-state index contributed by atoms with van der Waals surface area (Å²) >= 11 is 2.08. The first kappa shape index (κ1) is 22.8. The number of fused-ring (bicyclic) bond motifs is 1. The number of rotatable bonds is 0. The van der Waals surface area contributed by atoms with E-state index in [-0.39, 0.29) is 24.8 Å². The van der Waals surface area contributed by atoms with E-state index >= 15 is 0 Å². The first-order valence-corrected chi connectivity index (χ1v) is 7.24. The number of hydrogen-bond donors (Lipinski definition) is 0. The first-order chi connectivity index (χ1) is 9.11. The van der Waals surface area contributed by atoms with E-state index in [1.807, 2.05) is 12.2 Å². The van der Waals surface area contributed by atoms with E-state index in [2.05, 4.69) is 89.3 Å². The molecule has 0 spiro atoms. The predicted octanol–water partition coefficient (Wildman–Crippen LogP) is -1.07. The van der Waals surface area contributed by atoms with Crippen molar-refractivity contribution < 1.29 is 44.8 Å². The largest absolute Gasteiger partial charge is 1.00 e. The van der Waals surface area contributed by atoms with Gasteiger partial charge >= 0.3 is 37.6 Å². The van der Waals surface area contributed by atoms with Crippen molar-refractivity contribution in [3.63, 3.8) is 0 Å². The average molecular weight is 355 g/mol. The van der Waals surface area contributed by atoms with Crippen LogP contribution in [0.2, 0.25) is 0 Å². The summed E-state index contributed by atoms with van der Waals surface area (Å²) in [7, 11) is 0. The summed E-state index contributed by atoms with van der Waals surface area (Å²) in [5, 5.41) is 2.72. The van der Waals surface area contributed by atoms with Crippen molar-refractivity contribution in [2.45, 2.75) is 27.2 Å². The van der Waals surface area contributed by atoms with Gasteiger partial charge < -0.3 is 24.8 Å². The van der Waals surface area contributed by atoms with Crippen molar-refractivity contribution in [1.29, 1.82) is 0 Å². The number of benzene rings is 1. The van der Waals surface area contributed by atoms with Gasteiger partial charge in [0.1, 0.15) is 0 Å². The standard InChI is InChI=1S/C10H9.C5H5.C3H6.2ClH.Ti/c1-8-6-7-9-4-2-3-5-10(8)9;1-2-4-5-3-1;1-3-2;;;/h2-7H,1H3;1-3H,4H2;1-2H3;2*1H;/q2*-1;;;;+2/p-2. The molecule has 0 aromatic heterocycles. The molecule has 3 rings (SSSR count). The predicted molar refractivity (Wildman–Crippen MR) is 82.2 cm³/mol. The molecule has 2 aromatic carbocycles. The Labute approximate surface area is 152 Å². The van der Waals surface area contributed by atoms with Gasteiger partial charge in [0.05, 0.1) is 0 Å². The van der Waals surface area contributed by atoms with Crippen molar-refractivity contribution in [3.05, 3.63) is 66.3 Å². The topological polar surface area (TPSA) is 0 Å². The van der Waals surface area contributed by atoms with E-state index in [1.54, 1.807) is 0 Å². The molecule has 21 heavy (non-hydrogen) atoms. The quantitative estimate of drug-likeness (QED) is 0.417. The van der Waals surface area contributed by atoms with Crippen LogP contribution in [0.3, 0.4) is 0 Å². The van der Waals surface area contributed by atoms with Gasteiger partial charge in [-0.25, -0.2) is 12.2 Å². The van der Waals surface area contributed by atoms with Gasteiger partial charge in [0.25, 0.3) is 0 Å². The average Bonchev–Trinajstić information content (AvgIpc) is 3.03. The molecule has 0 heterocycles. The van der Waals surface area contributed by atoms with Gasteiger partial charge in [-0.1, -0.05) is 13.0 Å². The van der Waals surface area contributed by atoms with E-state index < -0.39 is 0 Å². The van der Waals surface area contributed by atoms with Crippen LogP contribution in [0.1, 0.15) is 25.8 Å². The zero-order valence-electron chi connectivity index (χ0n) is 12.7. The molecular formula is C18H20Cl2Ti-2. The second-order valence-electron chi connectivity index (χ2n) is 4.61. The molecule has 0 saturated heterocycles. The third-order valence-electron chi connectivity index (χ3n) is 2.48. The van der Waals surface area contributed by atoms with Crippen molar-refractivity contribution in [1.82, 2.24) is 0 Å². The maximum absolute atomic E-state index is 2.99. The van der Waals surface area contributed by atoms with Crippen LogP contribution >= 0.6 is 0 Å². The summed E-state index contributed by atoms with van der Waals surface area (Å²) < 4.78 is 1.42. The van der Waals surface area contributed by atoms with Crippen LogP contribution < -0.4 is 24.8 Å². The molecule has 1 aliphatic rings. The minimum Gasteiger partial charge on any atom is -1.00 e. The summed E-state index contributed by atoms with van der Waals surface area (Å²) in [6, 6.07) is 12.8. The number of halogens is 2. The molecule has 0 N–H and O–H groups in total. The third-order valence-corrected chi connectivity index (χ3v) is 2.48. The van der Waals surface area contributed by atoms with Crippen LogP contribution in [0.25, 0.3) is 10.8 Å². The van der Waals surface area contributed by atoms with E-state index in [0.29, 0.717) is 0 Å². The molecule has 0 aliphatic heterocycles. The number of allylic oxidation sites excluding steroid dienone is 4. The molecule has 0 radical (unpaired) electrons. The molecule has 2 aromatic rings. The molecule has 0 fully saturated rings. The Balaban J connectivity index is 0. The van der Waals surface area contributed by atoms with Crippen LogP contribution in [0.5, 0.6) is 0 Å². The second-order valence-corrected chi connectivity index (χ2v) is 6.17. The van der Waals surface area contributed by atoms with Crippen LogP contribution in [-0.4, -0.2) is 3.81 Å². The summed E-state index contributed by atoms with van der Waals surface area (Å²) in [6.45, 7) is 6.31. The van der Waals surface area contributed by atoms with Crippen molar-refractivity contribution in [3.8, 4) is 0 Å². The van der Waals surface area contributed by atoms with Crippen LogP contribution in [-0.2, 0) is 20.0 Å². The maximum atomic E-state index is 2.99. The van der Waals surface area contributed by atoms with E-state index in [9.17, 15) is 0 Å². The minimum absolute atomic E-state index is 0. The van der Waals surface area contributed by atoms with E-state index in [4.69, 9.17) is 0 Å². The SMILES string of the molecule is C[C](C)=[Ti+2].Cc1c[cH-]c2ccccc12.[C-]1=CC=CC1.[Cl-].[Cl-]. The van der Waals surface area contributed by atoms with E-state index in [1.165, 1.54) is 20.1 Å². The minimum atomic E-state index is 0. The van der Waals surface area contributed by atoms with E-state index in [0.717, 1.165) is 6.42 Å². The Morgan fingerprint density at radius 2 is 1.81 bits per heavy atom. The molecule has 112 valence electrons. The zero-order chi connectivity index (χ0) is 14.1. The second kappa shape index (κ2) is 13.2. The van der Waals surface area contributed by atoms with Crippen LogP contribution in [0.15, 0.2) is 54.6 Å². The zero-order valence-corrected chi connectivity index (χ0v) is 15.7. The van der Waals surface area contributed by atoms with Gasteiger partial charge in [0, 0.05) is 0 Å². The van der Waals surface area contributed by atoms with Gasteiger partial charge in [-0.05, 0) is 0 Å². The number of aryl methyl sites for hydroxylation is 1. The first-order valence-electron chi connectivity index (χ1n) is 6.46. The van der Waals surface area contributed by atoms with Crippen LogP contribution in [0, 0.1) is 13.0 Å². The Kier molecular flexibility index (Phi) is 14.3. The Hall–Kier alpha value is -0.526. The maximum Gasteiger partial charge on any atom is -0.0809 e. The Morgan fingerprint density at radius 1 is 1.19 bits per heavy atom. The van der Waals surface area contributed by atoms with Gasteiger partial charge in [0.15, 0.2) is 0 Å². The molecule has 0 nitrogen and oxygen atoms in total. The summed E-state index contributed by atoms with van der Waals surface area (Å²) in [5.74, 6) is 0. The smallest absolute Gasteiger partial charge is 0.0809 e. The fourth-order valence-corrected chi connectivity index (χ4v) is 1.65. The van der Waals surface area contributed by atoms with Gasteiger partial charge in [-0.15, -0.1) is 41.5 Å². The normalized spacial score (nSPS) is 10.5. The fourth-order valence-electron chi connectivity index (χ4n) is 1.65. The Morgan fingerprint density at radius 3 is 2.24 bits per heavy atom. The summed E-state index contributed by atoms with van der Waals surface area (Å²) in [5.41, 5.74) is 1.37. The molecule has 0 bridgehead atoms. The number of hydrogen-bond acceptors (Lipinski definition) is 0.